The zero-order valence-corrected chi connectivity index (χ0v) is 13.4. The maximum Gasteiger partial charge on any atom is 0.147 e. The number of Topliss-reactive ketones (excluding diaryl/α,β-unsaturated/α-hetero) is 1. The van der Waals surface area contributed by atoms with Crippen molar-refractivity contribution in [2.75, 3.05) is 0 Å². The van der Waals surface area contributed by atoms with Crippen molar-refractivity contribution in [3.63, 3.8) is 0 Å². The van der Waals surface area contributed by atoms with Crippen molar-refractivity contribution in [2.24, 2.45) is 16.7 Å². The highest BCUT2D eigenvalue weighted by Gasteiger charge is 2.60. The fourth-order valence-electron chi connectivity index (χ4n) is 4.44. The van der Waals surface area contributed by atoms with E-state index in [1.807, 2.05) is 6.07 Å². The van der Waals surface area contributed by atoms with Gasteiger partial charge in [0.05, 0.1) is 5.41 Å². The smallest absolute Gasteiger partial charge is 0.147 e. The second-order valence-electron chi connectivity index (χ2n) is 7.43. The number of hydrogen-bond acceptors (Lipinski definition) is 1. The molecule has 0 unspecified atom stereocenters. The maximum absolute atomic E-state index is 13.2. The molecule has 2 aliphatic rings. The van der Waals surface area contributed by atoms with Crippen molar-refractivity contribution < 1.29 is 4.79 Å². The molecule has 0 saturated heterocycles. The Morgan fingerprint density at radius 3 is 2.38 bits per heavy atom. The minimum absolute atomic E-state index is 0.0444. The summed E-state index contributed by atoms with van der Waals surface area (Å²) in [6.07, 6.45) is 3.15. The lowest BCUT2D eigenvalue weighted by molar-refractivity contribution is -0.130. The number of benzene rings is 1. The molecule has 2 bridgehead atoms. The van der Waals surface area contributed by atoms with Gasteiger partial charge in [-0.2, -0.15) is 0 Å². The predicted octanol–water partition coefficient (Wildman–Crippen LogP) is 4.91. The Hall–Kier alpha value is -1.63. The van der Waals surface area contributed by atoms with E-state index in [-0.39, 0.29) is 17.3 Å². The second kappa shape index (κ2) is 4.43. The number of carbonyl (C=O) groups excluding carboxylic acids is 1. The summed E-state index contributed by atoms with van der Waals surface area (Å²) in [6.45, 7) is 13.0. The first-order valence-corrected chi connectivity index (χ1v) is 7.76. The SMILES string of the molecule is C=C1[C@@H](c2ccccc2)[C@@H]2CC(C)=CC(C)(C)[C@@]1(C)C2=O. The van der Waals surface area contributed by atoms with Crippen LogP contribution in [-0.4, -0.2) is 5.78 Å². The topological polar surface area (TPSA) is 17.1 Å². The average Bonchev–Trinajstić information content (AvgIpc) is 2.58. The van der Waals surface area contributed by atoms with Gasteiger partial charge in [0.2, 0.25) is 0 Å². The van der Waals surface area contributed by atoms with Crippen LogP contribution < -0.4 is 0 Å². The van der Waals surface area contributed by atoms with Crippen molar-refractivity contribution in [1.82, 2.24) is 0 Å². The molecule has 3 atom stereocenters. The molecule has 1 saturated carbocycles. The molecule has 0 spiro atoms. The lowest BCUT2D eigenvalue weighted by Gasteiger charge is -2.40. The first-order valence-electron chi connectivity index (χ1n) is 7.76. The lowest BCUT2D eigenvalue weighted by Crippen LogP contribution is -2.39. The third-order valence-electron chi connectivity index (χ3n) is 5.85. The Morgan fingerprint density at radius 1 is 1.14 bits per heavy atom. The lowest BCUT2D eigenvalue weighted by atomic mass is 9.62. The first-order chi connectivity index (χ1) is 9.79. The second-order valence-corrected chi connectivity index (χ2v) is 7.43. The zero-order chi connectivity index (χ0) is 15.4. The van der Waals surface area contributed by atoms with E-state index < -0.39 is 5.41 Å². The van der Waals surface area contributed by atoms with Gasteiger partial charge in [-0.05, 0) is 31.2 Å². The highest BCUT2D eigenvalue weighted by atomic mass is 16.1. The predicted molar refractivity (Wildman–Crippen MR) is 87.1 cm³/mol. The quantitative estimate of drug-likeness (QED) is 0.668. The molecule has 21 heavy (non-hydrogen) atoms. The van der Waals surface area contributed by atoms with Gasteiger partial charge >= 0.3 is 0 Å². The van der Waals surface area contributed by atoms with E-state index >= 15 is 0 Å². The van der Waals surface area contributed by atoms with Gasteiger partial charge in [-0.15, -0.1) is 0 Å². The number of carbonyl (C=O) groups is 1. The Kier molecular flexibility index (Phi) is 3.02. The largest absolute Gasteiger partial charge is 0.298 e. The van der Waals surface area contributed by atoms with Gasteiger partial charge < -0.3 is 0 Å². The zero-order valence-electron chi connectivity index (χ0n) is 13.4. The number of ketones is 1. The fraction of sp³-hybridized carbons (Fsp3) is 0.450. The van der Waals surface area contributed by atoms with E-state index in [2.05, 4.69) is 64.6 Å². The van der Waals surface area contributed by atoms with Crippen LogP contribution in [0.3, 0.4) is 0 Å². The van der Waals surface area contributed by atoms with E-state index in [4.69, 9.17) is 0 Å². The molecule has 0 amide bonds. The molecule has 0 aromatic heterocycles. The summed E-state index contributed by atoms with van der Waals surface area (Å²) in [5, 5.41) is 0. The first kappa shape index (κ1) is 14.3. The molecule has 1 aromatic carbocycles. The molecule has 2 aliphatic carbocycles. The van der Waals surface area contributed by atoms with Crippen LogP contribution in [-0.2, 0) is 4.79 Å². The van der Waals surface area contributed by atoms with Gasteiger partial charge in [0, 0.05) is 11.8 Å². The summed E-state index contributed by atoms with van der Waals surface area (Å²) in [7, 11) is 0. The average molecular weight is 280 g/mol. The molecule has 1 heteroatoms. The number of allylic oxidation sites excluding steroid dienone is 3. The Morgan fingerprint density at radius 2 is 1.76 bits per heavy atom. The Balaban J connectivity index is 2.20. The van der Waals surface area contributed by atoms with Crippen LogP contribution in [0.4, 0.5) is 0 Å². The summed E-state index contributed by atoms with van der Waals surface area (Å²) < 4.78 is 0. The van der Waals surface area contributed by atoms with Crippen LogP contribution in [0.5, 0.6) is 0 Å². The third kappa shape index (κ3) is 1.79. The summed E-state index contributed by atoms with van der Waals surface area (Å²) in [5.74, 6) is 0.578. The number of rotatable bonds is 1. The van der Waals surface area contributed by atoms with Crippen LogP contribution in [0.15, 0.2) is 54.1 Å². The van der Waals surface area contributed by atoms with Gasteiger partial charge in [0.15, 0.2) is 0 Å². The van der Waals surface area contributed by atoms with E-state index in [0.717, 1.165) is 12.0 Å². The van der Waals surface area contributed by atoms with Gasteiger partial charge in [-0.1, -0.05) is 68.0 Å². The summed E-state index contributed by atoms with van der Waals surface area (Å²) in [6, 6.07) is 10.4. The number of fused-ring (bicyclic) bond motifs is 2. The highest BCUT2D eigenvalue weighted by molar-refractivity contribution is 5.96. The molecule has 0 N–H and O–H groups in total. The molecular weight excluding hydrogens is 256 g/mol. The van der Waals surface area contributed by atoms with Crippen LogP contribution in [0, 0.1) is 16.7 Å². The molecule has 1 nitrogen and oxygen atoms in total. The molecule has 0 aliphatic heterocycles. The molecule has 0 heterocycles. The van der Waals surface area contributed by atoms with Crippen molar-refractivity contribution in [3.05, 3.63) is 59.7 Å². The van der Waals surface area contributed by atoms with E-state index in [1.165, 1.54) is 11.1 Å². The minimum Gasteiger partial charge on any atom is -0.298 e. The van der Waals surface area contributed by atoms with Crippen LogP contribution in [0.2, 0.25) is 0 Å². The Bertz CT molecular complexity index is 635. The minimum atomic E-state index is -0.462. The maximum atomic E-state index is 13.2. The van der Waals surface area contributed by atoms with E-state index in [1.54, 1.807) is 0 Å². The summed E-state index contributed by atoms with van der Waals surface area (Å²) >= 11 is 0. The molecule has 0 radical (unpaired) electrons. The summed E-state index contributed by atoms with van der Waals surface area (Å²) in [5.41, 5.74) is 3.02. The van der Waals surface area contributed by atoms with Crippen LogP contribution in [0.25, 0.3) is 0 Å². The van der Waals surface area contributed by atoms with Crippen LogP contribution >= 0.6 is 0 Å². The van der Waals surface area contributed by atoms with Crippen molar-refractivity contribution in [3.8, 4) is 0 Å². The van der Waals surface area contributed by atoms with Gasteiger partial charge in [-0.3, -0.25) is 4.79 Å². The standard InChI is InChI=1S/C20H24O/c1-13-11-16-17(15-9-7-6-8-10-15)14(2)20(5,18(16)21)19(3,4)12-13/h6-10,12,16-17H,2,11H2,1,3-5H3/t16-,17-,20+/m0/s1. The molecule has 110 valence electrons. The molecule has 1 fully saturated rings. The Labute approximate surface area is 127 Å². The van der Waals surface area contributed by atoms with Gasteiger partial charge in [0.25, 0.3) is 0 Å². The highest BCUT2D eigenvalue weighted by Crippen LogP contribution is 2.62. The third-order valence-corrected chi connectivity index (χ3v) is 5.85. The summed E-state index contributed by atoms with van der Waals surface area (Å²) in [4.78, 5) is 13.2. The van der Waals surface area contributed by atoms with E-state index in [0.29, 0.717) is 5.78 Å². The fourth-order valence-corrected chi connectivity index (χ4v) is 4.44. The van der Waals surface area contributed by atoms with Crippen molar-refractivity contribution in [1.29, 1.82) is 0 Å². The van der Waals surface area contributed by atoms with Gasteiger partial charge in [0.1, 0.15) is 5.78 Å². The van der Waals surface area contributed by atoms with Crippen molar-refractivity contribution in [2.45, 2.75) is 40.0 Å². The number of hydrogen-bond donors (Lipinski definition) is 0. The van der Waals surface area contributed by atoms with E-state index in [9.17, 15) is 4.79 Å². The molecular formula is C20H24O. The monoisotopic (exact) mass is 280 g/mol. The van der Waals surface area contributed by atoms with Crippen LogP contribution in [0.1, 0.15) is 45.6 Å². The molecule has 3 rings (SSSR count). The van der Waals surface area contributed by atoms with Crippen molar-refractivity contribution >= 4 is 5.78 Å². The van der Waals surface area contributed by atoms with Gasteiger partial charge in [-0.25, -0.2) is 0 Å². The normalized spacial score (nSPS) is 34.6. The molecule has 1 aromatic rings.